The van der Waals surface area contributed by atoms with Crippen molar-refractivity contribution in [3.8, 4) is 0 Å². The molecule has 0 fully saturated rings. The monoisotopic (exact) mass is 302 g/mol. The lowest BCUT2D eigenvalue weighted by molar-refractivity contribution is -0.525. The van der Waals surface area contributed by atoms with Gasteiger partial charge in [-0.25, -0.2) is 15.1 Å². The third-order valence-corrected chi connectivity index (χ3v) is 2.83. The summed E-state index contributed by atoms with van der Waals surface area (Å²) in [5, 5.41) is 12.1. The van der Waals surface area contributed by atoms with Gasteiger partial charge in [-0.05, 0) is 19.3 Å². The normalized spacial score (nSPS) is 12.8. The van der Waals surface area contributed by atoms with Crippen molar-refractivity contribution >= 4 is 11.9 Å². The van der Waals surface area contributed by atoms with Gasteiger partial charge in [0.05, 0.1) is 6.04 Å². The Labute approximate surface area is 124 Å². The minimum Gasteiger partial charge on any atom is -0.365 e. The van der Waals surface area contributed by atoms with E-state index >= 15 is 0 Å². The molecule has 0 aromatic rings. The number of nitrogens with two attached hydrogens (primary N) is 2. The van der Waals surface area contributed by atoms with Crippen LogP contribution in [0.2, 0.25) is 0 Å². The van der Waals surface area contributed by atoms with Gasteiger partial charge in [0, 0.05) is 13.1 Å². The molecular weight excluding hydrogens is 276 g/mol. The Kier molecular flexibility index (Phi) is 10.8. The number of hydrazine groups is 1. The van der Waals surface area contributed by atoms with Crippen LogP contribution in [0.3, 0.4) is 0 Å². The highest BCUT2D eigenvalue weighted by molar-refractivity contribution is 5.81. The number of hydrogen-bond acceptors (Lipinski definition) is 5. The molecular formula is C12H26N6O3. The summed E-state index contributed by atoms with van der Waals surface area (Å²) >= 11 is 0. The topological polar surface area (TPSA) is 149 Å². The van der Waals surface area contributed by atoms with Crippen LogP contribution < -0.4 is 22.2 Å². The van der Waals surface area contributed by atoms with E-state index in [1.165, 1.54) is 6.42 Å². The van der Waals surface area contributed by atoms with Crippen LogP contribution in [-0.4, -0.2) is 36.0 Å². The first-order valence-corrected chi connectivity index (χ1v) is 7.21. The van der Waals surface area contributed by atoms with E-state index in [-0.39, 0.29) is 18.4 Å². The standard InChI is InChI=1S/C12H26N6O3/c1-2-3-4-5-8-15-11(19)10(13)7-6-9-16-12(14)17-18(20)21/h10H,2-9,13H2,1H3,(H,15,19)(H3,14,16,17)/t10-/m0/s1. The summed E-state index contributed by atoms with van der Waals surface area (Å²) in [5.41, 5.74) is 12.7. The van der Waals surface area contributed by atoms with Crippen molar-refractivity contribution in [3.63, 3.8) is 0 Å². The maximum atomic E-state index is 11.7. The summed E-state index contributed by atoms with van der Waals surface area (Å²) < 4.78 is 0. The van der Waals surface area contributed by atoms with Crippen LogP contribution in [-0.2, 0) is 4.79 Å². The van der Waals surface area contributed by atoms with E-state index in [9.17, 15) is 14.9 Å². The molecule has 1 amide bonds. The minimum absolute atomic E-state index is 0.174. The van der Waals surface area contributed by atoms with Gasteiger partial charge in [-0.2, -0.15) is 0 Å². The smallest absolute Gasteiger partial charge is 0.251 e. The third kappa shape index (κ3) is 11.6. The first-order chi connectivity index (χ1) is 9.97. The van der Waals surface area contributed by atoms with E-state index in [1.807, 2.05) is 0 Å². The van der Waals surface area contributed by atoms with Gasteiger partial charge in [-0.3, -0.25) is 4.79 Å². The van der Waals surface area contributed by atoms with Crippen molar-refractivity contribution in [1.29, 1.82) is 0 Å². The van der Waals surface area contributed by atoms with Crippen LogP contribution in [0.1, 0.15) is 45.4 Å². The molecule has 0 aromatic heterocycles. The van der Waals surface area contributed by atoms with Crippen LogP contribution >= 0.6 is 0 Å². The fourth-order valence-electron chi connectivity index (χ4n) is 1.67. The Balaban J connectivity index is 3.70. The lowest BCUT2D eigenvalue weighted by Crippen LogP contribution is -2.41. The molecule has 0 aliphatic rings. The molecule has 0 aromatic carbocycles. The average Bonchev–Trinajstić information content (AvgIpc) is 2.42. The lowest BCUT2D eigenvalue weighted by Gasteiger charge is -2.11. The quantitative estimate of drug-likeness (QED) is 0.137. The molecule has 0 rings (SSSR count). The first-order valence-electron chi connectivity index (χ1n) is 7.21. The first kappa shape index (κ1) is 19.1. The molecule has 122 valence electrons. The van der Waals surface area contributed by atoms with Crippen LogP contribution in [0.25, 0.3) is 0 Å². The number of nitrogens with zero attached hydrogens (tertiary/aromatic N) is 2. The number of amides is 1. The Morgan fingerprint density at radius 2 is 2.05 bits per heavy atom. The molecule has 0 radical (unpaired) electrons. The van der Waals surface area contributed by atoms with Gasteiger partial charge in [-0.15, -0.1) is 0 Å². The third-order valence-electron chi connectivity index (χ3n) is 2.83. The van der Waals surface area contributed by atoms with Gasteiger partial charge in [-0.1, -0.05) is 31.6 Å². The zero-order chi connectivity index (χ0) is 16.1. The van der Waals surface area contributed by atoms with Gasteiger partial charge >= 0.3 is 0 Å². The zero-order valence-electron chi connectivity index (χ0n) is 12.5. The van der Waals surface area contributed by atoms with Crippen molar-refractivity contribution in [2.45, 2.75) is 51.5 Å². The maximum Gasteiger partial charge on any atom is 0.251 e. The average molecular weight is 302 g/mol. The van der Waals surface area contributed by atoms with E-state index < -0.39 is 11.1 Å². The van der Waals surface area contributed by atoms with Crippen molar-refractivity contribution < 1.29 is 9.83 Å². The van der Waals surface area contributed by atoms with Crippen LogP contribution in [0.4, 0.5) is 0 Å². The molecule has 0 unspecified atom stereocenters. The predicted octanol–water partition coefficient (Wildman–Crippen LogP) is -0.114. The van der Waals surface area contributed by atoms with Gasteiger partial charge < -0.3 is 16.8 Å². The Morgan fingerprint density at radius 1 is 1.33 bits per heavy atom. The van der Waals surface area contributed by atoms with Crippen LogP contribution in [0.5, 0.6) is 0 Å². The second-order valence-electron chi connectivity index (χ2n) is 4.74. The molecule has 0 saturated carbocycles. The molecule has 0 aliphatic carbocycles. The molecule has 0 aliphatic heterocycles. The number of carbonyl (C=O) groups is 1. The fraction of sp³-hybridized carbons (Fsp3) is 0.833. The number of nitro groups is 1. The highest BCUT2D eigenvalue weighted by Crippen LogP contribution is 1.98. The minimum atomic E-state index is -0.781. The molecule has 6 N–H and O–H groups in total. The highest BCUT2D eigenvalue weighted by Gasteiger charge is 2.11. The second-order valence-corrected chi connectivity index (χ2v) is 4.74. The highest BCUT2D eigenvalue weighted by atomic mass is 16.7. The molecule has 0 bridgehead atoms. The van der Waals surface area contributed by atoms with Crippen molar-refractivity contribution in [2.75, 3.05) is 13.1 Å². The number of aliphatic imine (C=N–C) groups is 1. The SMILES string of the molecule is CCCCCCNC(=O)[C@@H](N)CCCN=C(N)N[N+](=O)[O-]. The lowest BCUT2D eigenvalue weighted by atomic mass is 10.1. The van der Waals surface area contributed by atoms with E-state index in [0.29, 0.717) is 19.4 Å². The molecule has 21 heavy (non-hydrogen) atoms. The molecule has 0 heterocycles. The Bertz CT molecular complexity index is 348. The van der Waals surface area contributed by atoms with Gasteiger partial charge in [0.25, 0.3) is 5.96 Å². The van der Waals surface area contributed by atoms with Gasteiger partial charge in [0.2, 0.25) is 5.91 Å². The number of unbranched alkanes of at least 4 members (excludes halogenated alkanes) is 3. The van der Waals surface area contributed by atoms with Crippen molar-refractivity contribution in [1.82, 2.24) is 10.7 Å². The van der Waals surface area contributed by atoms with Crippen LogP contribution in [0, 0.1) is 10.1 Å². The Hall–Kier alpha value is -1.90. The second kappa shape index (κ2) is 11.9. The van der Waals surface area contributed by atoms with E-state index in [0.717, 1.165) is 19.3 Å². The Morgan fingerprint density at radius 3 is 2.67 bits per heavy atom. The van der Waals surface area contributed by atoms with Gasteiger partial charge in [0.15, 0.2) is 5.03 Å². The molecule has 0 spiro atoms. The summed E-state index contributed by atoms with van der Waals surface area (Å²) in [5.74, 6) is -0.430. The van der Waals surface area contributed by atoms with E-state index in [4.69, 9.17) is 11.5 Å². The van der Waals surface area contributed by atoms with E-state index in [1.54, 1.807) is 5.43 Å². The molecule has 9 heteroatoms. The number of rotatable bonds is 11. The van der Waals surface area contributed by atoms with Gasteiger partial charge in [0.1, 0.15) is 0 Å². The predicted molar refractivity (Wildman–Crippen MR) is 81.0 cm³/mol. The molecule has 0 saturated heterocycles. The van der Waals surface area contributed by atoms with Crippen LogP contribution in [0.15, 0.2) is 4.99 Å². The fourth-order valence-corrected chi connectivity index (χ4v) is 1.67. The summed E-state index contributed by atoms with van der Waals surface area (Å²) in [4.78, 5) is 25.5. The van der Waals surface area contributed by atoms with Crippen molar-refractivity contribution in [2.24, 2.45) is 16.5 Å². The largest absolute Gasteiger partial charge is 0.365 e. The summed E-state index contributed by atoms with van der Waals surface area (Å²) in [7, 11) is 0. The van der Waals surface area contributed by atoms with E-state index in [2.05, 4.69) is 17.2 Å². The summed E-state index contributed by atoms with van der Waals surface area (Å²) in [6.07, 6.45) is 5.37. The number of guanidine groups is 1. The summed E-state index contributed by atoms with van der Waals surface area (Å²) in [6.45, 7) is 3.06. The molecule has 9 nitrogen and oxygen atoms in total. The summed E-state index contributed by atoms with van der Waals surface area (Å²) in [6, 6.07) is -0.587. The molecule has 1 atom stereocenters. The van der Waals surface area contributed by atoms with Crippen molar-refractivity contribution in [3.05, 3.63) is 10.1 Å². The number of hydrogen-bond donors (Lipinski definition) is 4. The number of nitrogens with one attached hydrogen (secondary N) is 2. The number of carbonyl (C=O) groups excluding carboxylic acids is 1. The zero-order valence-corrected chi connectivity index (χ0v) is 12.5. The maximum absolute atomic E-state index is 11.7.